The summed E-state index contributed by atoms with van der Waals surface area (Å²) in [6.45, 7) is 4.83. The Hall–Kier alpha value is -3.64. The van der Waals surface area contributed by atoms with Gasteiger partial charge in [0.2, 0.25) is 5.92 Å². The quantitative estimate of drug-likeness (QED) is 0.362. The highest BCUT2D eigenvalue weighted by molar-refractivity contribution is 5.89. The number of anilines is 1. The minimum atomic E-state index is -2.42. The molecule has 2 fully saturated rings. The SMILES string of the molecule is COc1cc(C)c2[nH]ccc2c1CN1CCC2(CC1)CC(F)(F)C2.N#CCNc1cccc(C(=O)O)c1. The second-order valence-corrected chi connectivity index (χ2v) is 10.0. The predicted molar refractivity (Wildman–Crippen MR) is 138 cm³/mol. The average molecular weight is 511 g/mol. The highest BCUT2D eigenvalue weighted by Gasteiger charge is 2.56. The van der Waals surface area contributed by atoms with Crippen LogP contribution >= 0.6 is 0 Å². The van der Waals surface area contributed by atoms with E-state index in [1.165, 1.54) is 28.6 Å². The number of ether oxygens (including phenoxy) is 1. The number of nitriles is 1. The van der Waals surface area contributed by atoms with Crippen molar-refractivity contribution in [3.8, 4) is 11.8 Å². The number of nitrogens with zero attached hydrogens (tertiary/aromatic N) is 2. The molecule has 7 nitrogen and oxygen atoms in total. The van der Waals surface area contributed by atoms with Gasteiger partial charge in [0, 0.05) is 47.7 Å². The van der Waals surface area contributed by atoms with Gasteiger partial charge in [-0.3, -0.25) is 4.90 Å². The topological polar surface area (TPSA) is 101 Å². The Morgan fingerprint density at radius 2 is 1.97 bits per heavy atom. The van der Waals surface area contributed by atoms with Crippen molar-refractivity contribution in [1.82, 2.24) is 9.88 Å². The van der Waals surface area contributed by atoms with E-state index in [0.29, 0.717) is 5.69 Å². The standard InChI is InChI=1S/C19H24F2N2O.C9H8N2O2/c1-13-9-16(24-2)15(14-3-6-22-17(13)14)10-23-7-4-18(5-8-23)11-19(20,21)12-18;10-4-5-11-8-3-1-2-7(6-8)9(12)13/h3,6,9,22H,4-5,7-8,10-12H2,1-2H3;1-3,6,11H,5H2,(H,12,13). The molecule has 0 unspecified atom stereocenters. The zero-order valence-electron chi connectivity index (χ0n) is 21.1. The molecule has 0 radical (unpaired) electrons. The summed E-state index contributed by atoms with van der Waals surface area (Å²) in [4.78, 5) is 16.2. The molecule has 1 aliphatic carbocycles. The number of nitrogens with one attached hydrogen (secondary N) is 2. The van der Waals surface area contributed by atoms with Gasteiger partial charge in [0.05, 0.1) is 18.7 Å². The van der Waals surface area contributed by atoms with Crippen LogP contribution in [0, 0.1) is 23.7 Å². The first-order chi connectivity index (χ1) is 17.6. The Balaban J connectivity index is 0.000000209. The van der Waals surface area contributed by atoms with Crippen molar-refractivity contribution in [2.24, 2.45) is 5.41 Å². The van der Waals surface area contributed by atoms with Crippen LogP contribution in [0.1, 0.15) is 47.2 Å². The molecule has 3 aromatic rings. The molecular weight excluding hydrogens is 478 g/mol. The van der Waals surface area contributed by atoms with Gasteiger partial charge in [-0.25, -0.2) is 13.6 Å². The number of likely N-dealkylation sites (tertiary alicyclic amines) is 1. The lowest BCUT2D eigenvalue weighted by Gasteiger charge is -2.51. The van der Waals surface area contributed by atoms with Crippen molar-refractivity contribution in [2.75, 3.05) is 32.1 Å². The molecular formula is C28H32F2N4O3. The fraction of sp³-hybridized carbons (Fsp3) is 0.429. The van der Waals surface area contributed by atoms with E-state index in [1.807, 2.05) is 12.3 Å². The molecule has 0 atom stereocenters. The van der Waals surface area contributed by atoms with E-state index < -0.39 is 11.9 Å². The van der Waals surface area contributed by atoms with E-state index in [1.54, 1.807) is 19.2 Å². The van der Waals surface area contributed by atoms with Gasteiger partial charge in [-0.1, -0.05) is 6.07 Å². The summed E-state index contributed by atoms with van der Waals surface area (Å²) in [5, 5.41) is 20.9. The first-order valence-electron chi connectivity index (χ1n) is 12.3. The van der Waals surface area contributed by atoms with E-state index in [0.717, 1.165) is 43.7 Å². The highest BCUT2D eigenvalue weighted by Crippen LogP contribution is 2.57. The zero-order valence-corrected chi connectivity index (χ0v) is 21.1. The number of hydrogen-bond donors (Lipinski definition) is 3. The van der Waals surface area contributed by atoms with Gasteiger partial charge in [-0.15, -0.1) is 0 Å². The molecule has 0 bridgehead atoms. The molecule has 196 valence electrons. The van der Waals surface area contributed by atoms with Crippen LogP contribution in [-0.4, -0.2) is 53.6 Å². The van der Waals surface area contributed by atoms with Crippen molar-refractivity contribution in [1.29, 1.82) is 5.26 Å². The number of alkyl halides is 2. The summed E-state index contributed by atoms with van der Waals surface area (Å²) in [6.07, 6.45) is 3.90. The number of halogens is 2. The Morgan fingerprint density at radius 3 is 2.59 bits per heavy atom. The van der Waals surface area contributed by atoms with Crippen molar-refractivity contribution < 1.29 is 23.4 Å². The first-order valence-corrected chi connectivity index (χ1v) is 12.3. The maximum Gasteiger partial charge on any atom is 0.335 e. The minimum Gasteiger partial charge on any atom is -0.496 e. The van der Waals surface area contributed by atoms with E-state index in [2.05, 4.69) is 34.3 Å². The molecule has 1 aromatic heterocycles. The molecule has 1 saturated carbocycles. The first kappa shape index (κ1) is 26.4. The van der Waals surface area contributed by atoms with Gasteiger partial charge >= 0.3 is 5.97 Å². The fourth-order valence-corrected chi connectivity index (χ4v) is 5.49. The number of carboxylic acid groups (broad SMARTS) is 1. The lowest BCUT2D eigenvalue weighted by molar-refractivity contribution is -0.178. The number of hydrogen-bond acceptors (Lipinski definition) is 5. The summed E-state index contributed by atoms with van der Waals surface area (Å²) in [7, 11) is 1.71. The van der Waals surface area contributed by atoms with Crippen LogP contribution in [0.15, 0.2) is 42.6 Å². The lowest BCUT2D eigenvalue weighted by Crippen LogP contribution is -2.52. The monoisotopic (exact) mass is 510 g/mol. The molecule has 2 heterocycles. The minimum absolute atomic E-state index is 0.0871. The van der Waals surface area contributed by atoms with E-state index in [9.17, 15) is 13.6 Å². The summed E-state index contributed by atoms with van der Waals surface area (Å²) < 4.78 is 32.1. The van der Waals surface area contributed by atoms with Gasteiger partial charge in [-0.2, -0.15) is 5.26 Å². The number of aromatic carboxylic acids is 1. The van der Waals surface area contributed by atoms with Gasteiger partial charge < -0.3 is 20.1 Å². The van der Waals surface area contributed by atoms with E-state index in [-0.39, 0.29) is 30.4 Å². The molecule has 0 amide bonds. The highest BCUT2D eigenvalue weighted by atomic mass is 19.3. The van der Waals surface area contributed by atoms with Gasteiger partial charge in [0.1, 0.15) is 12.3 Å². The number of methoxy groups -OCH3 is 1. The number of aryl methyl sites for hydroxylation is 1. The number of carboxylic acids is 1. The van der Waals surface area contributed by atoms with Crippen LogP contribution in [0.3, 0.4) is 0 Å². The van der Waals surface area contributed by atoms with Crippen molar-refractivity contribution >= 4 is 22.6 Å². The van der Waals surface area contributed by atoms with Crippen LogP contribution in [0.25, 0.3) is 10.9 Å². The molecule has 37 heavy (non-hydrogen) atoms. The normalized spacial score (nSPS) is 17.8. The number of aromatic nitrogens is 1. The van der Waals surface area contributed by atoms with Crippen LogP contribution < -0.4 is 10.1 Å². The summed E-state index contributed by atoms with van der Waals surface area (Å²) in [6, 6.07) is 12.4. The number of aromatic amines is 1. The number of piperidine rings is 1. The third-order valence-corrected chi connectivity index (χ3v) is 7.38. The number of H-pyrrole nitrogens is 1. The zero-order chi connectivity index (χ0) is 26.6. The lowest BCUT2D eigenvalue weighted by atomic mass is 9.61. The Bertz CT molecular complexity index is 1300. The molecule has 1 aliphatic heterocycles. The molecule has 9 heteroatoms. The summed E-state index contributed by atoms with van der Waals surface area (Å²) in [5.41, 5.74) is 4.27. The number of carbonyl (C=O) groups is 1. The van der Waals surface area contributed by atoms with Crippen LogP contribution in [0.5, 0.6) is 5.75 Å². The van der Waals surface area contributed by atoms with Crippen molar-refractivity contribution in [3.05, 3.63) is 59.3 Å². The maximum atomic E-state index is 13.3. The third-order valence-electron chi connectivity index (χ3n) is 7.38. The number of fused-ring (bicyclic) bond motifs is 1. The molecule has 1 spiro atoms. The molecule has 2 aliphatic rings. The maximum absolute atomic E-state index is 13.3. The molecule has 3 N–H and O–H groups in total. The molecule has 5 rings (SSSR count). The van der Waals surface area contributed by atoms with Crippen LogP contribution in [-0.2, 0) is 6.54 Å². The van der Waals surface area contributed by atoms with Gasteiger partial charge in [-0.05, 0) is 74.2 Å². The smallest absolute Gasteiger partial charge is 0.335 e. The van der Waals surface area contributed by atoms with Crippen LogP contribution in [0.2, 0.25) is 0 Å². The van der Waals surface area contributed by atoms with Gasteiger partial charge in [0.25, 0.3) is 0 Å². The number of rotatable bonds is 6. The number of benzene rings is 2. The summed E-state index contributed by atoms with van der Waals surface area (Å²) >= 11 is 0. The fourth-order valence-electron chi connectivity index (χ4n) is 5.49. The van der Waals surface area contributed by atoms with E-state index in [4.69, 9.17) is 15.1 Å². The Kier molecular flexibility index (Phi) is 7.69. The Labute approximate surface area is 215 Å². The van der Waals surface area contributed by atoms with Crippen molar-refractivity contribution in [2.45, 2.75) is 45.1 Å². The van der Waals surface area contributed by atoms with Crippen LogP contribution in [0.4, 0.5) is 14.5 Å². The largest absolute Gasteiger partial charge is 0.496 e. The van der Waals surface area contributed by atoms with E-state index >= 15 is 0 Å². The average Bonchev–Trinajstić information content (AvgIpc) is 3.36. The molecule has 2 aromatic carbocycles. The van der Waals surface area contributed by atoms with Crippen molar-refractivity contribution in [3.63, 3.8) is 0 Å². The molecule has 1 saturated heterocycles. The third kappa shape index (κ3) is 6.03. The second-order valence-electron chi connectivity index (χ2n) is 10.0. The Morgan fingerprint density at radius 1 is 1.24 bits per heavy atom. The summed E-state index contributed by atoms with van der Waals surface area (Å²) in [5.74, 6) is -2.48. The predicted octanol–water partition coefficient (Wildman–Crippen LogP) is 5.82. The second kappa shape index (κ2) is 10.8. The van der Waals surface area contributed by atoms with Gasteiger partial charge in [0.15, 0.2) is 0 Å².